The maximum Gasteiger partial charge on any atom is 0.258 e. The van der Waals surface area contributed by atoms with E-state index in [2.05, 4.69) is 12.2 Å². The van der Waals surface area contributed by atoms with Gasteiger partial charge in [0.05, 0.1) is 23.3 Å². The molecule has 0 aliphatic carbocycles. The van der Waals surface area contributed by atoms with Crippen molar-refractivity contribution in [2.24, 2.45) is 5.92 Å². The largest absolute Gasteiger partial charge is 0.495 e. The van der Waals surface area contributed by atoms with E-state index in [1.54, 1.807) is 24.3 Å². The lowest BCUT2D eigenvalue weighted by molar-refractivity contribution is 0.102. The fraction of sp³-hybridized carbons (Fsp3) is 0.350. The van der Waals surface area contributed by atoms with Crippen LogP contribution in [-0.2, 0) is 10.0 Å². The van der Waals surface area contributed by atoms with Crippen LogP contribution in [0, 0.1) is 11.7 Å². The number of nitrogens with zero attached hydrogens (tertiary/aromatic N) is 1. The van der Waals surface area contributed by atoms with E-state index in [9.17, 15) is 17.6 Å². The predicted octanol–water partition coefficient (Wildman–Crippen LogP) is 3.51. The van der Waals surface area contributed by atoms with Crippen LogP contribution in [0.1, 0.15) is 30.1 Å². The van der Waals surface area contributed by atoms with E-state index in [1.165, 1.54) is 17.5 Å². The molecule has 1 aliphatic heterocycles. The molecule has 1 fully saturated rings. The monoisotopic (exact) mass is 406 g/mol. The number of piperidine rings is 1. The first-order valence-electron chi connectivity index (χ1n) is 9.07. The van der Waals surface area contributed by atoms with E-state index in [0.29, 0.717) is 30.4 Å². The van der Waals surface area contributed by atoms with Crippen LogP contribution >= 0.6 is 0 Å². The Labute approximate surface area is 164 Å². The second kappa shape index (κ2) is 8.28. The summed E-state index contributed by atoms with van der Waals surface area (Å²) in [5, 5.41) is 2.57. The maximum atomic E-state index is 14.3. The van der Waals surface area contributed by atoms with Crippen molar-refractivity contribution in [2.75, 3.05) is 25.5 Å². The van der Waals surface area contributed by atoms with Crippen molar-refractivity contribution in [3.8, 4) is 5.75 Å². The summed E-state index contributed by atoms with van der Waals surface area (Å²) in [6, 6.07) is 10.0. The number of amides is 1. The van der Waals surface area contributed by atoms with Gasteiger partial charge in [-0.1, -0.05) is 19.1 Å². The molecule has 150 valence electrons. The van der Waals surface area contributed by atoms with E-state index >= 15 is 0 Å². The Morgan fingerprint density at radius 2 is 1.86 bits per heavy atom. The zero-order valence-electron chi connectivity index (χ0n) is 15.8. The SMILES string of the molecule is COc1ccccc1NC(=O)c1cc(S(=O)(=O)N2CCC(C)CC2)ccc1F. The van der Waals surface area contributed by atoms with Gasteiger partial charge in [0.15, 0.2) is 0 Å². The zero-order valence-corrected chi connectivity index (χ0v) is 16.6. The lowest BCUT2D eigenvalue weighted by Crippen LogP contribution is -2.38. The van der Waals surface area contributed by atoms with E-state index in [-0.39, 0.29) is 10.5 Å². The molecule has 1 saturated heterocycles. The smallest absolute Gasteiger partial charge is 0.258 e. The van der Waals surface area contributed by atoms with Crippen LogP contribution in [0.3, 0.4) is 0 Å². The number of carbonyl (C=O) groups excluding carboxylic acids is 1. The topological polar surface area (TPSA) is 75.7 Å². The highest BCUT2D eigenvalue weighted by atomic mass is 32.2. The molecule has 28 heavy (non-hydrogen) atoms. The molecular weight excluding hydrogens is 383 g/mol. The van der Waals surface area contributed by atoms with Crippen LogP contribution in [-0.4, -0.2) is 38.8 Å². The lowest BCUT2D eigenvalue weighted by atomic mass is 10.0. The summed E-state index contributed by atoms with van der Waals surface area (Å²) in [6.45, 7) is 2.93. The van der Waals surface area contributed by atoms with Gasteiger partial charge in [0.1, 0.15) is 11.6 Å². The molecule has 1 N–H and O–H groups in total. The van der Waals surface area contributed by atoms with Gasteiger partial charge in [-0.3, -0.25) is 4.79 Å². The van der Waals surface area contributed by atoms with E-state index in [0.717, 1.165) is 25.0 Å². The highest BCUT2D eigenvalue weighted by Crippen LogP contribution is 2.27. The number of anilines is 1. The number of carbonyl (C=O) groups is 1. The number of halogens is 1. The van der Waals surface area contributed by atoms with Gasteiger partial charge < -0.3 is 10.1 Å². The Kier molecular flexibility index (Phi) is 6.00. The van der Waals surface area contributed by atoms with Crippen molar-refractivity contribution in [2.45, 2.75) is 24.7 Å². The van der Waals surface area contributed by atoms with Crippen molar-refractivity contribution in [3.63, 3.8) is 0 Å². The molecule has 0 aromatic heterocycles. The normalized spacial score (nSPS) is 16.0. The molecule has 2 aromatic carbocycles. The van der Waals surface area contributed by atoms with Gasteiger partial charge in [0, 0.05) is 13.1 Å². The molecule has 8 heteroatoms. The van der Waals surface area contributed by atoms with Crippen molar-refractivity contribution < 1.29 is 22.3 Å². The van der Waals surface area contributed by atoms with Gasteiger partial charge in [0.25, 0.3) is 5.91 Å². The lowest BCUT2D eigenvalue weighted by Gasteiger charge is -2.29. The quantitative estimate of drug-likeness (QED) is 0.825. The number of methoxy groups -OCH3 is 1. The summed E-state index contributed by atoms with van der Waals surface area (Å²) in [5.74, 6) is -0.644. The van der Waals surface area contributed by atoms with Crippen LogP contribution in [0.15, 0.2) is 47.4 Å². The van der Waals surface area contributed by atoms with Gasteiger partial charge in [0.2, 0.25) is 10.0 Å². The van der Waals surface area contributed by atoms with Crippen LogP contribution in [0.4, 0.5) is 10.1 Å². The average Bonchev–Trinajstić information content (AvgIpc) is 2.68. The van der Waals surface area contributed by atoms with Gasteiger partial charge in [-0.05, 0) is 49.1 Å². The van der Waals surface area contributed by atoms with Crippen molar-refractivity contribution in [3.05, 3.63) is 53.8 Å². The van der Waals surface area contributed by atoms with E-state index < -0.39 is 21.7 Å². The third kappa shape index (κ3) is 4.18. The molecule has 1 amide bonds. The highest BCUT2D eigenvalue weighted by Gasteiger charge is 2.29. The van der Waals surface area contributed by atoms with Gasteiger partial charge in [-0.2, -0.15) is 4.31 Å². The van der Waals surface area contributed by atoms with Crippen LogP contribution < -0.4 is 10.1 Å². The van der Waals surface area contributed by atoms with E-state index in [1.807, 2.05) is 0 Å². The minimum Gasteiger partial charge on any atom is -0.495 e. The molecule has 0 saturated carbocycles. The summed E-state index contributed by atoms with van der Waals surface area (Å²) >= 11 is 0. The van der Waals surface area contributed by atoms with Crippen LogP contribution in [0.5, 0.6) is 5.75 Å². The number of para-hydroxylation sites is 2. The first-order chi connectivity index (χ1) is 13.3. The number of hydrogen-bond acceptors (Lipinski definition) is 4. The fourth-order valence-corrected chi connectivity index (χ4v) is 4.65. The van der Waals surface area contributed by atoms with Gasteiger partial charge in [-0.25, -0.2) is 12.8 Å². The van der Waals surface area contributed by atoms with Gasteiger partial charge in [-0.15, -0.1) is 0 Å². The molecule has 1 heterocycles. The van der Waals surface area contributed by atoms with E-state index in [4.69, 9.17) is 4.74 Å². The number of benzene rings is 2. The van der Waals surface area contributed by atoms with Crippen molar-refractivity contribution in [1.82, 2.24) is 4.31 Å². The predicted molar refractivity (Wildman–Crippen MR) is 105 cm³/mol. The number of rotatable bonds is 5. The molecule has 1 aliphatic rings. The molecule has 0 unspecified atom stereocenters. The molecule has 0 radical (unpaired) electrons. The first-order valence-corrected chi connectivity index (χ1v) is 10.5. The molecule has 0 atom stereocenters. The summed E-state index contributed by atoms with van der Waals surface area (Å²) in [4.78, 5) is 12.5. The summed E-state index contributed by atoms with van der Waals surface area (Å²) in [5.41, 5.74) is 0.0324. The number of nitrogens with one attached hydrogen (secondary N) is 1. The molecule has 0 bridgehead atoms. The van der Waals surface area contributed by atoms with Crippen LogP contribution in [0.2, 0.25) is 0 Å². The Bertz CT molecular complexity index is 970. The zero-order chi connectivity index (χ0) is 20.3. The number of sulfonamides is 1. The molecule has 3 rings (SSSR count). The first kappa shape index (κ1) is 20.3. The third-order valence-electron chi connectivity index (χ3n) is 4.92. The second-order valence-electron chi connectivity index (χ2n) is 6.88. The van der Waals surface area contributed by atoms with Gasteiger partial charge >= 0.3 is 0 Å². The highest BCUT2D eigenvalue weighted by molar-refractivity contribution is 7.89. The number of ether oxygens (including phenoxy) is 1. The van der Waals surface area contributed by atoms with Crippen molar-refractivity contribution >= 4 is 21.6 Å². The maximum absolute atomic E-state index is 14.3. The minimum absolute atomic E-state index is 0.0892. The molecular formula is C20H23FN2O4S. The standard InChI is InChI=1S/C20H23FN2O4S/c1-14-9-11-23(12-10-14)28(25,26)15-7-8-17(21)16(13-15)20(24)22-18-5-3-4-6-19(18)27-2/h3-8,13-14H,9-12H2,1-2H3,(H,22,24). The third-order valence-corrected chi connectivity index (χ3v) is 6.81. The second-order valence-corrected chi connectivity index (χ2v) is 8.82. The Morgan fingerprint density at radius 3 is 2.54 bits per heavy atom. The average molecular weight is 406 g/mol. The Hall–Kier alpha value is -2.45. The molecule has 2 aromatic rings. The van der Waals surface area contributed by atoms with Crippen molar-refractivity contribution in [1.29, 1.82) is 0 Å². The number of hydrogen-bond donors (Lipinski definition) is 1. The fourth-order valence-electron chi connectivity index (χ4n) is 3.15. The molecule has 0 spiro atoms. The minimum atomic E-state index is -3.78. The van der Waals surface area contributed by atoms with Crippen LogP contribution in [0.25, 0.3) is 0 Å². The summed E-state index contributed by atoms with van der Waals surface area (Å²) in [6.07, 6.45) is 1.56. The molecule has 6 nitrogen and oxygen atoms in total. The Morgan fingerprint density at radius 1 is 1.18 bits per heavy atom. The Balaban J connectivity index is 1.88. The summed E-state index contributed by atoms with van der Waals surface area (Å²) in [7, 11) is -2.33. The summed E-state index contributed by atoms with van der Waals surface area (Å²) < 4.78 is 46.6.